The van der Waals surface area contributed by atoms with E-state index in [0.29, 0.717) is 22.0 Å². The van der Waals surface area contributed by atoms with Gasteiger partial charge in [-0.2, -0.15) is 0 Å². The maximum atomic E-state index is 12.5. The van der Waals surface area contributed by atoms with Crippen LogP contribution in [0.4, 0.5) is 22.0 Å². The van der Waals surface area contributed by atoms with Gasteiger partial charge in [0.25, 0.3) is 5.91 Å². The highest BCUT2D eigenvalue weighted by molar-refractivity contribution is 6.31. The number of carbonyl (C=O) groups excluding carboxylic acids is 1. The van der Waals surface area contributed by atoms with Crippen molar-refractivity contribution in [1.29, 1.82) is 0 Å². The lowest BCUT2D eigenvalue weighted by Crippen LogP contribution is -2.44. The predicted molar refractivity (Wildman–Crippen MR) is 116 cm³/mol. The lowest BCUT2D eigenvalue weighted by Gasteiger charge is -2.39. The molecule has 0 bridgehead atoms. The minimum atomic E-state index is -1.34. The van der Waals surface area contributed by atoms with Crippen LogP contribution in [0.15, 0.2) is 24.5 Å². The molecule has 1 unspecified atom stereocenters. The molecule has 164 valence electrons. The maximum Gasteiger partial charge on any atom is 0.414 e. The first-order chi connectivity index (χ1) is 14.6. The lowest BCUT2D eigenvalue weighted by atomic mass is 9.84. The van der Waals surface area contributed by atoms with E-state index in [1.807, 2.05) is 19.9 Å². The van der Waals surface area contributed by atoms with Crippen LogP contribution in [-0.2, 0) is 6.54 Å². The molecule has 1 atom stereocenters. The number of piperidine rings is 1. The van der Waals surface area contributed by atoms with E-state index >= 15 is 0 Å². The Labute approximate surface area is 184 Å². The first-order valence-electron chi connectivity index (χ1n) is 10.1. The van der Waals surface area contributed by atoms with Gasteiger partial charge in [0.1, 0.15) is 11.0 Å². The molecule has 9 nitrogen and oxygen atoms in total. The molecule has 31 heavy (non-hydrogen) atoms. The second-order valence-corrected chi connectivity index (χ2v) is 8.81. The standard InChI is InChI=1S/C21H24ClN5O4/c1-21(2,31)12-4-3-7-26(10-12)13-5-6-16(23-8-13)25-15-9-24-18(22)14-11-27(20(29)30)19(28)17(14)15/h5-6,8-9,12,31H,3-4,7,10-11H2,1-2H3,(H,23,25)(H,29,30). The first kappa shape index (κ1) is 21.3. The van der Waals surface area contributed by atoms with Crippen LogP contribution in [0.1, 0.15) is 42.6 Å². The number of hydrogen-bond donors (Lipinski definition) is 3. The number of aliphatic hydroxyl groups is 1. The van der Waals surface area contributed by atoms with E-state index in [0.717, 1.165) is 31.6 Å². The number of nitrogens with one attached hydrogen (secondary N) is 1. The molecule has 10 heteroatoms. The van der Waals surface area contributed by atoms with Crippen LogP contribution in [-0.4, -0.2) is 55.8 Å². The quantitative estimate of drug-likeness (QED) is 0.612. The highest BCUT2D eigenvalue weighted by Gasteiger charge is 2.36. The molecule has 4 heterocycles. The Hall–Kier alpha value is -2.91. The van der Waals surface area contributed by atoms with Gasteiger partial charge in [-0.25, -0.2) is 19.7 Å². The van der Waals surface area contributed by atoms with Crippen LogP contribution in [0.5, 0.6) is 0 Å². The van der Waals surface area contributed by atoms with Gasteiger partial charge in [-0.15, -0.1) is 0 Å². The molecule has 0 saturated carbocycles. The molecule has 4 rings (SSSR count). The average Bonchev–Trinajstić information content (AvgIpc) is 3.09. The molecular formula is C21H24ClN5O4. The molecular weight excluding hydrogens is 422 g/mol. The van der Waals surface area contributed by atoms with Gasteiger partial charge in [-0.05, 0) is 38.8 Å². The van der Waals surface area contributed by atoms with Crippen molar-refractivity contribution in [2.24, 2.45) is 5.92 Å². The van der Waals surface area contributed by atoms with Crippen molar-refractivity contribution in [1.82, 2.24) is 14.9 Å². The van der Waals surface area contributed by atoms with E-state index in [4.69, 9.17) is 11.6 Å². The van der Waals surface area contributed by atoms with Gasteiger partial charge >= 0.3 is 6.09 Å². The highest BCUT2D eigenvalue weighted by Crippen LogP contribution is 2.35. The topological polar surface area (TPSA) is 119 Å². The van der Waals surface area contributed by atoms with Crippen molar-refractivity contribution in [3.8, 4) is 0 Å². The predicted octanol–water partition coefficient (Wildman–Crippen LogP) is 3.49. The normalized spacial score (nSPS) is 18.8. The molecule has 1 fully saturated rings. The van der Waals surface area contributed by atoms with Gasteiger partial charge in [-0.1, -0.05) is 11.6 Å². The molecule has 0 spiro atoms. The number of nitrogens with zero attached hydrogens (tertiary/aromatic N) is 4. The minimum Gasteiger partial charge on any atom is -0.465 e. The van der Waals surface area contributed by atoms with Crippen molar-refractivity contribution in [3.63, 3.8) is 0 Å². The third kappa shape index (κ3) is 4.15. The van der Waals surface area contributed by atoms with Crippen LogP contribution in [0.25, 0.3) is 0 Å². The van der Waals surface area contributed by atoms with E-state index in [-0.39, 0.29) is 23.2 Å². The molecule has 2 aromatic heterocycles. The smallest absolute Gasteiger partial charge is 0.414 e. The van der Waals surface area contributed by atoms with Crippen LogP contribution < -0.4 is 10.2 Å². The van der Waals surface area contributed by atoms with Gasteiger partial charge in [0.05, 0.1) is 41.5 Å². The number of aromatic nitrogens is 2. The molecule has 0 aliphatic carbocycles. The summed E-state index contributed by atoms with van der Waals surface area (Å²) in [6, 6.07) is 3.72. The number of amides is 2. The number of rotatable bonds is 4. The van der Waals surface area contributed by atoms with Crippen molar-refractivity contribution in [2.45, 2.75) is 38.8 Å². The number of carbonyl (C=O) groups is 2. The Morgan fingerprint density at radius 2 is 2.06 bits per heavy atom. The summed E-state index contributed by atoms with van der Waals surface area (Å²) in [5.41, 5.74) is 1.14. The Bertz CT molecular complexity index is 1020. The summed E-state index contributed by atoms with van der Waals surface area (Å²) in [6.45, 7) is 5.21. The van der Waals surface area contributed by atoms with Gasteiger partial charge < -0.3 is 20.4 Å². The Balaban J connectivity index is 1.53. The summed E-state index contributed by atoms with van der Waals surface area (Å²) in [5, 5.41) is 22.7. The molecule has 0 radical (unpaired) electrons. The summed E-state index contributed by atoms with van der Waals surface area (Å²) < 4.78 is 0. The Kier molecular flexibility index (Phi) is 5.49. The fourth-order valence-electron chi connectivity index (χ4n) is 4.11. The number of pyridine rings is 2. The van der Waals surface area contributed by atoms with E-state index in [2.05, 4.69) is 20.2 Å². The van der Waals surface area contributed by atoms with Crippen LogP contribution in [0.2, 0.25) is 5.15 Å². The minimum absolute atomic E-state index is 0.104. The zero-order valence-electron chi connectivity index (χ0n) is 17.3. The summed E-state index contributed by atoms with van der Waals surface area (Å²) in [6.07, 6.45) is 3.79. The summed E-state index contributed by atoms with van der Waals surface area (Å²) >= 11 is 6.08. The molecule has 2 aromatic rings. The van der Waals surface area contributed by atoms with Gasteiger partial charge in [0.2, 0.25) is 0 Å². The number of fused-ring (bicyclic) bond motifs is 1. The lowest BCUT2D eigenvalue weighted by molar-refractivity contribution is 0.0110. The third-order valence-electron chi connectivity index (χ3n) is 5.93. The fourth-order valence-corrected chi connectivity index (χ4v) is 4.31. The van der Waals surface area contributed by atoms with E-state index in [9.17, 15) is 19.8 Å². The molecule has 1 saturated heterocycles. The number of halogens is 1. The van der Waals surface area contributed by atoms with Gasteiger partial charge in [-0.3, -0.25) is 4.79 Å². The average molecular weight is 446 g/mol. The van der Waals surface area contributed by atoms with E-state index < -0.39 is 17.6 Å². The first-order valence-corrected chi connectivity index (χ1v) is 10.5. The molecule has 2 aliphatic rings. The second kappa shape index (κ2) is 7.97. The monoisotopic (exact) mass is 445 g/mol. The molecule has 2 amide bonds. The summed E-state index contributed by atoms with van der Waals surface area (Å²) in [4.78, 5) is 35.3. The van der Waals surface area contributed by atoms with E-state index in [1.165, 1.54) is 6.20 Å². The zero-order valence-corrected chi connectivity index (χ0v) is 18.1. The van der Waals surface area contributed by atoms with Gasteiger partial charge in [0, 0.05) is 24.6 Å². The highest BCUT2D eigenvalue weighted by atomic mass is 35.5. The van der Waals surface area contributed by atoms with Gasteiger partial charge in [0.15, 0.2) is 0 Å². The Morgan fingerprint density at radius 3 is 2.71 bits per heavy atom. The van der Waals surface area contributed by atoms with Crippen LogP contribution >= 0.6 is 11.6 Å². The van der Waals surface area contributed by atoms with E-state index in [1.54, 1.807) is 12.3 Å². The molecule has 0 aromatic carbocycles. The number of imide groups is 1. The maximum absolute atomic E-state index is 12.5. The van der Waals surface area contributed by atoms with Crippen molar-refractivity contribution in [3.05, 3.63) is 40.8 Å². The SMILES string of the molecule is CC(C)(O)C1CCCN(c2ccc(Nc3cnc(Cl)c4c3C(=O)N(C(=O)O)C4)nc2)C1. The van der Waals surface area contributed by atoms with Crippen molar-refractivity contribution >= 4 is 40.8 Å². The third-order valence-corrected chi connectivity index (χ3v) is 6.26. The number of hydrogen-bond acceptors (Lipinski definition) is 7. The number of anilines is 3. The molecule has 3 N–H and O–H groups in total. The fraction of sp³-hybridized carbons (Fsp3) is 0.429. The molecule has 2 aliphatic heterocycles. The largest absolute Gasteiger partial charge is 0.465 e. The Morgan fingerprint density at radius 1 is 1.29 bits per heavy atom. The van der Waals surface area contributed by atoms with Crippen LogP contribution in [0.3, 0.4) is 0 Å². The van der Waals surface area contributed by atoms with Crippen molar-refractivity contribution < 1.29 is 19.8 Å². The van der Waals surface area contributed by atoms with Crippen LogP contribution in [0, 0.1) is 5.92 Å². The second-order valence-electron chi connectivity index (χ2n) is 8.46. The summed E-state index contributed by atoms with van der Waals surface area (Å²) in [7, 11) is 0. The van der Waals surface area contributed by atoms with Crippen molar-refractivity contribution in [2.75, 3.05) is 23.3 Å². The zero-order chi connectivity index (χ0) is 22.3. The summed E-state index contributed by atoms with van der Waals surface area (Å²) in [5.74, 6) is 0.0366. The number of carboxylic acid groups (broad SMARTS) is 1.